The topological polar surface area (TPSA) is 58.4 Å². The monoisotopic (exact) mass is 325 g/mol. The number of hydrogen-bond acceptors (Lipinski definition) is 3. The molecule has 1 aromatic rings. The summed E-state index contributed by atoms with van der Waals surface area (Å²) in [5, 5.41) is 3.03. The fourth-order valence-corrected chi connectivity index (χ4v) is 2.76. The molecule has 1 fully saturated rings. The standard InChI is InChI=1S/C14H20BrN3O/c1-18(2)14(6-3-7-14)9-17-13(19)10-4-5-12(16)11(15)8-10/h4-5,8H,3,6-7,9,16H2,1-2H3,(H,17,19). The number of likely N-dealkylation sites (N-methyl/N-ethyl adjacent to an activating group) is 1. The molecule has 1 saturated carbocycles. The number of carbonyl (C=O) groups is 1. The molecule has 104 valence electrons. The maximum absolute atomic E-state index is 12.1. The molecule has 0 radical (unpaired) electrons. The zero-order chi connectivity index (χ0) is 14.0. The summed E-state index contributed by atoms with van der Waals surface area (Å²) in [4.78, 5) is 14.3. The lowest BCUT2D eigenvalue weighted by molar-refractivity contribution is 0.0557. The van der Waals surface area contributed by atoms with Crippen LogP contribution in [0.5, 0.6) is 0 Å². The fourth-order valence-electron chi connectivity index (χ4n) is 2.38. The Kier molecular flexibility index (Phi) is 4.16. The molecule has 2 rings (SSSR count). The summed E-state index contributed by atoms with van der Waals surface area (Å²) in [5.74, 6) is -0.0474. The van der Waals surface area contributed by atoms with E-state index in [4.69, 9.17) is 5.73 Å². The highest BCUT2D eigenvalue weighted by atomic mass is 79.9. The van der Waals surface area contributed by atoms with Crippen LogP contribution in [-0.2, 0) is 0 Å². The third-order valence-corrected chi connectivity index (χ3v) is 4.76. The summed E-state index contributed by atoms with van der Waals surface area (Å²) in [6, 6.07) is 5.25. The van der Waals surface area contributed by atoms with E-state index in [0.717, 1.165) is 17.3 Å². The Morgan fingerprint density at radius 3 is 2.63 bits per heavy atom. The van der Waals surface area contributed by atoms with Crippen molar-refractivity contribution in [2.45, 2.75) is 24.8 Å². The first kappa shape index (κ1) is 14.3. The minimum Gasteiger partial charge on any atom is -0.398 e. The van der Waals surface area contributed by atoms with Crippen molar-refractivity contribution in [1.82, 2.24) is 10.2 Å². The summed E-state index contributed by atoms with van der Waals surface area (Å²) < 4.78 is 0.756. The predicted octanol–water partition coefficient (Wildman–Crippen LogP) is 2.25. The van der Waals surface area contributed by atoms with Crippen molar-refractivity contribution in [3.63, 3.8) is 0 Å². The average molecular weight is 326 g/mol. The zero-order valence-corrected chi connectivity index (χ0v) is 13.0. The largest absolute Gasteiger partial charge is 0.398 e. The van der Waals surface area contributed by atoms with Gasteiger partial charge in [-0.3, -0.25) is 4.79 Å². The highest BCUT2D eigenvalue weighted by Gasteiger charge is 2.39. The van der Waals surface area contributed by atoms with Gasteiger partial charge in [-0.2, -0.15) is 0 Å². The smallest absolute Gasteiger partial charge is 0.251 e. The highest BCUT2D eigenvalue weighted by molar-refractivity contribution is 9.10. The lowest BCUT2D eigenvalue weighted by Crippen LogP contribution is -2.57. The Hall–Kier alpha value is -1.07. The Morgan fingerprint density at radius 1 is 1.47 bits per heavy atom. The van der Waals surface area contributed by atoms with Gasteiger partial charge in [0.25, 0.3) is 5.91 Å². The molecule has 0 aromatic heterocycles. The molecule has 1 aliphatic carbocycles. The van der Waals surface area contributed by atoms with E-state index in [9.17, 15) is 4.79 Å². The van der Waals surface area contributed by atoms with E-state index in [1.54, 1.807) is 18.2 Å². The number of nitrogens with zero attached hydrogens (tertiary/aromatic N) is 1. The number of carbonyl (C=O) groups excluding carboxylic acids is 1. The number of nitrogen functional groups attached to an aromatic ring is 1. The van der Waals surface area contributed by atoms with E-state index in [1.165, 1.54) is 6.42 Å². The van der Waals surface area contributed by atoms with E-state index in [2.05, 4.69) is 40.2 Å². The second-order valence-corrected chi connectivity index (χ2v) is 6.25. The lowest BCUT2D eigenvalue weighted by Gasteiger charge is -2.47. The van der Waals surface area contributed by atoms with Crippen LogP contribution in [0.3, 0.4) is 0 Å². The van der Waals surface area contributed by atoms with E-state index in [0.29, 0.717) is 17.8 Å². The van der Waals surface area contributed by atoms with Gasteiger partial charge >= 0.3 is 0 Å². The van der Waals surface area contributed by atoms with Crippen LogP contribution in [0.2, 0.25) is 0 Å². The van der Waals surface area contributed by atoms with Crippen molar-refractivity contribution in [2.24, 2.45) is 0 Å². The average Bonchev–Trinajstić information content (AvgIpc) is 2.30. The molecule has 5 heteroatoms. The van der Waals surface area contributed by atoms with Crippen molar-refractivity contribution in [1.29, 1.82) is 0 Å². The summed E-state index contributed by atoms with van der Waals surface area (Å²) in [5.41, 5.74) is 7.13. The maximum atomic E-state index is 12.1. The quantitative estimate of drug-likeness (QED) is 0.835. The Balaban J connectivity index is 1.99. The first-order chi connectivity index (χ1) is 8.94. The van der Waals surface area contributed by atoms with Gasteiger partial charge in [-0.1, -0.05) is 0 Å². The number of hydrogen-bond donors (Lipinski definition) is 2. The van der Waals surface area contributed by atoms with Crippen LogP contribution in [0.1, 0.15) is 29.6 Å². The molecule has 4 nitrogen and oxygen atoms in total. The van der Waals surface area contributed by atoms with E-state index >= 15 is 0 Å². The predicted molar refractivity (Wildman–Crippen MR) is 81.2 cm³/mol. The number of nitrogens with two attached hydrogens (primary N) is 1. The van der Waals surface area contributed by atoms with Crippen LogP contribution in [0.15, 0.2) is 22.7 Å². The maximum Gasteiger partial charge on any atom is 0.251 e. The molecule has 0 bridgehead atoms. The van der Waals surface area contributed by atoms with Crippen LogP contribution in [0.25, 0.3) is 0 Å². The fraction of sp³-hybridized carbons (Fsp3) is 0.500. The second-order valence-electron chi connectivity index (χ2n) is 5.39. The molecule has 1 aliphatic rings. The summed E-state index contributed by atoms with van der Waals surface area (Å²) >= 11 is 3.34. The van der Waals surface area contributed by atoms with Crippen LogP contribution in [0, 0.1) is 0 Å². The first-order valence-corrected chi connectivity index (χ1v) is 7.25. The van der Waals surface area contributed by atoms with Gasteiger partial charge in [0.15, 0.2) is 0 Å². The van der Waals surface area contributed by atoms with E-state index in [-0.39, 0.29) is 11.4 Å². The second kappa shape index (κ2) is 5.51. The van der Waals surface area contributed by atoms with Crippen LogP contribution in [-0.4, -0.2) is 37.0 Å². The van der Waals surface area contributed by atoms with Gasteiger partial charge < -0.3 is 16.0 Å². The number of halogens is 1. The molecule has 0 aliphatic heterocycles. The molecule has 0 atom stereocenters. The van der Waals surface area contributed by atoms with E-state index < -0.39 is 0 Å². The van der Waals surface area contributed by atoms with Crippen molar-refractivity contribution >= 4 is 27.5 Å². The summed E-state index contributed by atoms with van der Waals surface area (Å²) in [6.45, 7) is 0.695. The molecule has 1 aromatic carbocycles. The number of nitrogens with one attached hydrogen (secondary N) is 1. The first-order valence-electron chi connectivity index (χ1n) is 6.45. The number of benzene rings is 1. The van der Waals surface area contributed by atoms with Crippen LogP contribution in [0.4, 0.5) is 5.69 Å². The van der Waals surface area contributed by atoms with Gasteiger partial charge in [0.2, 0.25) is 0 Å². The van der Waals surface area contributed by atoms with Gasteiger partial charge in [0.05, 0.1) is 0 Å². The van der Waals surface area contributed by atoms with Gasteiger partial charge in [-0.05, 0) is 67.5 Å². The molecule has 0 saturated heterocycles. The molecule has 3 N–H and O–H groups in total. The molecule has 0 spiro atoms. The van der Waals surface area contributed by atoms with Gasteiger partial charge in [0.1, 0.15) is 0 Å². The molecule has 19 heavy (non-hydrogen) atoms. The molecular weight excluding hydrogens is 306 g/mol. The normalized spacial score (nSPS) is 17.1. The Morgan fingerprint density at radius 2 is 2.16 bits per heavy atom. The van der Waals surface area contributed by atoms with Crippen molar-refractivity contribution in [3.8, 4) is 0 Å². The molecule has 1 amide bonds. The summed E-state index contributed by atoms with van der Waals surface area (Å²) in [7, 11) is 4.15. The molecular formula is C14H20BrN3O. The summed E-state index contributed by atoms with van der Waals surface area (Å²) in [6.07, 6.45) is 3.53. The Bertz CT molecular complexity index is 484. The van der Waals surface area contributed by atoms with Gasteiger partial charge in [0, 0.05) is 27.8 Å². The number of anilines is 1. The number of amides is 1. The zero-order valence-electron chi connectivity index (χ0n) is 11.4. The van der Waals surface area contributed by atoms with Crippen molar-refractivity contribution in [3.05, 3.63) is 28.2 Å². The van der Waals surface area contributed by atoms with Gasteiger partial charge in [-0.15, -0.1) is 0 Å². The SMILES string of the molecule is CN(C)C1(CNC(=O)c2ccc(N)c(Br)c2)CCC1. The lowest BCUT2D eigenvalue weighted by atomic mass is 9.75. The van der Waals surface area contributed by atoms with E-state index in [1.807, 2.05) is 0 Å². The highest BCUT2D eigenvalue weighted by Crippen LogP contribution is 2.35. The molecule has 0 unspecified atom stereocenters. The minimum atomic E-state index is -0.0474. The van der Waals surface area contributed by atoms with Gasteiger partial charge in [-0.25, -0.2) is 0 Å². The molecule has 0 heterocycles. The Labute approximate surface area is 122 Å². The minimum absolute atomic E-state index is 0.0474. The third-order valence-electron chi connectivity index (χ3n) is 4.07. The van der Waals surface area contributed by atoms with Crippen LogP contribution < -0.4 is 11.1 Å². The van der Waals surface area contributed by atoms with Crippen molar-refractivity contribution < 1.29 is 4.79 Å². The third kappa shape index (κ3) is 2.92. The number of rotatable bonds is 4. The van der Waals surface area contributed by atoms with Crippen molar-refractivity contribution in [2.75, 3.05) is 26.4 Å². The van der Waals surface area contributed by atoms with Crippen LogP contribution >= 0.6 is 15.9 Å².